The third kappa shape index (κ3) is 4.86. The van der Waals surface area contributed by atoms with E-state index in [1.807, 2.05) is 54.6 Å². The summed E-state index contributed by atoms with van der Waals surface area (Å²) in [5.74, 6) is 0.279. The van der Waals surface area contributed by atoms with Crippen LogP contribution in [0.4, 0.5) is 5.69 Å². The van der Waals surface area contributed by atoms with Crippen molar-refractivity contribution in [2.24, 2.45) is 0 Å². The molecule has 1 N–H and O–H groups in total. The molecule has 3 aromatic rings. The Hall–Kier alpha value is -4.06. The second-order valence-corrected chi connectivity index (χ2v) is 6.55. The van der Waals surface area contributed by atoms with Crippen molar-refractivity contribution in [1.82, 2.24) is 0 Å². The zero-order valence-electron chi connectivity index (χ0n) is 16.0. The molecule has 30 heavy (non-hydrogen) atoms. The van der Waals surface area contributed by atoms with Gasteiger partial charge in [0, 0.05) is 11.8 Å². The first-order chi connectivity index (χ1) is 14.7. The van der Waals surface area contributed by atoms with Crippen LogP contribution in [0.2, 0.25) is 0 Å². The highest BCUT2D eigenvalue weighted by molar-refractivity contribution is 5.94. The Morgan fingerprint density at radius 2 is 1.63 bits per heavy atom. The maximum Gasteiger partial charge on any atom is 0.331 e. The first-order valence-electron chi connectivity index (χ1n) is 9.37. The van der Waals surface area contributed by atoms with Gasteiger partial charge in [0.2, 0.25) is 6.79 Å². The lowest BCUT2D eigenvalue weighted by Gasteiger charge is -2.07. The maximum absolute atomic E-state index is 12.0. The van der Waals surface area contributed by atoms with Crippen molar-refractivity contribution >= 4 is 23.6 Å². The molecule has 6 nitrogen and oxygen atoms in total. The summed E-state index contributed by atoms with van der Waals surface area (Å²) in [7, 11) is 0. The van der Waals surface area contributed by atoms with Crippen molar-refractivity contribution in [3.8, 4) is 22.6 Å². The fourth-order valence-corrected chi connectivity index (χ4v) is 2.94. The van der Waals surface area contributed by atoms with E-state index >= 15 is 0 Å². The van der Waals surface area contributed by atoms with Gasteiger partial charge in [0.15, 0.2) is 18.1 Å². The Labute approximate surface area is 173 Å². The number of carbonyl (C=O) groups is 2. The normalized spacial score (nSPS) is 12.0. The molecule has 150 valence electrons. The average molecular weight is 401 g/mol. The molecule has 0 fully saturated rings. The second-order valence-electron chi connectivity index (χ2n) is 6.55. The van der Waals surface area contributed by atoms with Crippen LogP contribution >= 0.6 is 0 Å². The number of ether oxygens (including phenoxy) is 3. The Bertz CT molecular complexity index is 1070. The predicted octanol–water partition coefficient (Wildman–Crippen LogP) is 4.28. The number of carbonyl (C=O) groups excluding carboxylic acids is 2. The van der Waals surface area contributed by atoms with Gasteiger partial charge in [-0.25, -0.2) is 4.79 Å². The molecule has 0 bridgehead atoms. The molecule has 3 aromatic carbocycles. The van der Waals surface area contributed by atoms with Gasteiger partial charge in [0.05, 0.1) is 0 Å². The Balaban J connectivity index is 1.25. The molecule has 0 radical (unpaired) electrons. The van der Waals surface area contributed by atoms with Crippen molar-refractivity contribution in [3.05, 3.63) is 84.4 Å². The van der Waals surface area contributed by atoms with Gasteiger partial charge in [-0.1, -0.05) is 48.5 Å². The van der Waals surface area contributed by atoms with Crippen LogP contribution in [0.5, 0.6) is 11.5 Å². The molecule has 1 heterocycles. The van der Waals surface area contributed by atoms with Crippen LogP contribution < -0.4 is 14.8 Å². The van der Waals surface area contributed by atoms with Gasteiger partial charge in [-0.3, -0.25) is 4.79 Å². The van der Waals surface area contributed by atoms with Gasteiger partial charge in [-0.05, 0) is 47.0 Å². The van der Waals surface area contributed by atoms with E-state index in [1.165, 1.54) is 6.08 Å². The molecule has 1 amide bonds. The van der Waals surface area contributed by atoms with E-state index in [9.17, 15) is 9.59 Å². The fraction of sp³-hybridized carbons (Fsp3) is 0.0833. The highest BCUT2D eigenvalue weighted by Gasteiger charge is 2.12. The van der Waals surface area contributed by atoms with Crippen molar-refractivity contribution in [3.63, 3.8) is 0 Å². The Kier molecular flexibility index (Phi) is 5.75. The minimum absolute atomic E-state index is 0.189. The van der Waals surface area contributed by atoms with Crippen LogP contribution in [0.1, 0.15) is 5.56 Å². The number of nitrogens with one attached hydrogen (secondary N) is 1. The molecule has 0 spiro atoms. The number of fused-ring (bicyclic) bond motifs is 1. The number of anilines is 1. The Morgan fingerprint density at radius 1 is 0.900 bits per heavy atom. The first-order valence-corrected chi connectivity index (χ1v) is 9.37. The quantitative estimate of drug-likeness (QED) is 0.493. The van der Waals surface area contributed by atoms with Gasteiger partial charge in [0.1, 0.15) is 0 Å². The second kappa shape index (κ2) is 8.96. The number of esters is 1. The predicted molar refractivity (Wildman–Crippen MR) is 113 cm³/mol. The van der Waals surface area contributed by atoms with Gasteiger partial charge in [-0.15, -0.1) is 0 Å². The number of benzene rings is 3. The van der Waals surface area contributed by atoms with Crippen LogP contribution in [-0.4, -0.2) is 25.3 Å². The summed E-state index contributed by atoms with van der Waals surface area (Å²) in [5, 5.41) is 2.71. The first kappa shape index (κ1) is 19.3. The van der Waals surface area contributed by atoms with Gasteiger partial charge in [0.25, 0.3) is 5.91 Å². The van der Waals surface area contributed by atoms with Crippen molar-refractivity contribution in [1.29, 1.82) is 0 Å². The van der Waals surface area contributed by atoms with Gasteiger partial charge in [-0.2, -0.15) is 0 Å². The third-order valence-corrected chi connectivity index (χ3v) is 4.43. The molecule has 0 unspecified atom stereocenters. The minimum atomic E-state index is -0.609. The molecule has 0 aliphatic carbocycles. The topological polar surface area (TPSA) is 73.9 Å². The highest BCUT2D eigenvalue weighted by atomic mass is 16.7. The third-order valence-electron chi connectivity index (χ3n) is 4.43. The molecule has 1 aliphatic rings. The van der Waals surface area contributed by atoms with Crippen LogP contribution in [-0.2, 0) is 14.3 Å². The SMILES string of the molecule is O=C(COC(=O)/C=C/c1ccc2c(c1)OCO2)Nc1ccc(-c2ccccc2)cc1. The number of hydrogen-bond acceptors (Lipinski definition) is 5. The Morgan fingerprint density at radius 3 is 2.43 bits per heavy atom. The smallest absolute Gasteiger partial charge is 0.331 e. The lowest BCUT2D eigenvalue weighted by Crippen LogP contribution is -2.20. The fourth-order valence-electron chi connectivity index (χ4n) is 2.94. The molecule has 1 aliphatic heterocycles. The standard InChI is InChI=1S/C24H19NO5/c26-23(25-20-10-8-19(9-11-20)18-4-2-1-3-5-18)15-28-24(27)13-7-17-6-12-21-22(14-17)30-16-29-21/h1-14H,15-16H2,(H,25,26)/b13-7+. The van der Waals surface area contributed by atoms with E-state index in [4.69, 9.17) is 14.2 Å². The van der Waals surface area contributed by atoms with E-state index in [0.717, 1.165) is 16.7 Å². The summed E-state index contributed by atoms with van der Waals surface area (Å²) in [4.78, 5) is 23.9. The lowest BCUT2D eigenvalue weighted by molar-refractivity contribution is -0.142. The van der Waals surface area contributed by atoms with E-state index in [1.54, 1.807) is 24.3 Å². The number of rotatable bonds is 6. The van der Waals surface area contributed by atoms with E-state index in [0.29, 0.717) is 17.2 Å². The van der Waals surface area contributed by atoms with Crippen LogP contribution in [0.3, 0.4) is 0 Å². The summed E-state index contributed by atoms with van der Waals surface area (Å²) >= 11 is 0. The van der Waals surface area contributed by atoms with Crippen LogP contribution in [0, 0.1) is 0 Å². The molecule has 0 atom stereocenters. The maximum atomic E-state index is 12.0. The van der Waals surface area contributed by atoms with E-state index in [2.05, 4.69) is 5.32 Å². The monoisotopic (exact) mass is 401 g/mol. The molecule has 0 saturated carbocycles. The summed E-state index contributed by atoms with van der Waals surface area (Å²) in [6.45, 7) is -0.181. The molecule has 0 saturated heterocycles. The van der Waals surface area contributed by atoms with Crippen molar-refractivity contribution in [2.45, 2.75) is 0 Å². The largest absolute Gasteiger partial charge is 0.454 e. The molecular weight excluding hydrogens is 382 g/mol. The molecule has 4 rings (SSSR count). The minimum Gasteiger partial charge on any atom is -0.454 e. The van der Waals surface area contributed by atoms with Crippen LogP contribution in [0.25, 0.3) is 17.2 Å². The molecule has 0 aromatic heterocycles. The van der Waals surface area contributed by atoms with E-state index in [-0.39, 0.29) is 13.4 Å². The molecule has 6 heteroatoms. The average Bonchev–Trinajstić information content (AvgIpc) is 3.25. The highest BCUT2D eigenvalue weighted by Crippen LogP contribution is 2.32. The van der Waals surface area contributed by atoms with E-state index < -0.39 is 11.9 Å². The summed E-state index contributed by atoms with van der Waals surface area (Å²) < 4.78 is 15.5. The van der Waals surface area contributed by atoms with Crippen molar-refractivity contribution < 1.29 is 23.8 Å². The zero-order chi connectivity index (χ0) is 20.8. The summed E-state index contributed by atoms with van der Waals surface area (Å²) in [5.41, 5.74) is 3.54. The molecular formula is C24H19NO5. The van der Waals surface area contributed by atoms with Gasteiger partial charge >= 0.3 is 5.97 Å². The van der Waals surface area contributed by atoms with Gasteiger partial charge < -0.3 is 19.5 Å². The number of amides is 1. The van der Waals surface area contributed by atoms with Crippen LogP contribution in [0.15, 0.2) is 78.9 Å². The number of hydrogen-bond donors (Lipinski definition) is 1. The summed E-state index contributed by atoms with van der Waals surface area (Å²) in [6, 6.07) is 22.7. The van der Waals surface area contributed by atoms with Crippen molar-refractivity contribution in [2.75, 3.05) is 18.7 Å². The zero-order valence-corrected chi connectivity index (χ0v) is 16.0. The lowest BCUT2D eigenvalue weighted by atomic mass is 10.1. The summed E-state index contributed by atoms with van der Waals surface area (Å²) in [6.07, 6.45) is 2.85.